The van der Waals surface area contributed by atoms with Gasteiger partial charge in [-0.1, -0.05) is 0 Å². The summed E-state index contributed by atoms with van der Waals surface area (Å²) in [6.07, 6.45) is 1.72. The lowest BCUT2D eigenvalue weighted by Crippen LogP contribution is -2.33. The molecule has 0 aliphatic carbocycles. The van der Waals surface area contributed by atoms with Gasteiger partial charge in [0.2, 0.25) is 5.28 Å². The Balaban J connectivity index is 2.89. The van der Waals surface area contributed by atoms with E-state index >= 15 is 0 Å². The van der Waals surface area contributed by atoms with E-state index in [9.17, 15) is 0 Å². The zero-order valence-corrected chi connectivity index (χ0v) is 10.2. The number of rotatable bonds is 4. The van der Waals surface area contributed by atoms with E-state index in [0.717, 1.165) is 11.4 Å². The molecular weight excluding hydrogens is 214 g/mol. The second-order valence-corrected chi connectivity index (χ2v) is 3.90. The second kappa shape index (κ2) is 5.28. The van der Waals surface area contributed by atoms with E-state index < -0.39 is 0 Å². The number of halogens is 1. The number of aromatic nitrogens is 2. The summed E-state index contributed by atoms with van der Waals surface area (Å²) < 4.78 is 5.10. The van der Waals surface area contributed by atoms with Gasteiger partial charge in [-0.25, -0.2) is 9.97 Å². The van der Waals surface area contributed by atoms with Crippen molar-refractivity contribution in [3.8, 4) is 0 Å². The number of aryl methyl sites for hydroxylation is 1. The van der Waals surface area contributed by atoms with Crippen molar-refractivity contribution in [1.82, 2.24) is 9.97 Å². The molecule has 0 aromatic carbocycles. The van der Waals surface area contributed by atoms with Crippen molar-refractivity contribution >= 4 is 17.4 Å². The Labute approximate surface area is 95.2 Å². The Bertz CT molecular complexity index is 332. The summed E-state index contributed by atoms with van der Waals surface area (Å²) in [6, 6.07) is 0.250. The molecule has 1 unspecified atom stereocenters. The molecule has 1 aromatic rings. The summed E-state index contributed by atoms with van der Waals surface area (Å²) in [5.41, 5.74) is 1.00. The number of methoxy groups -OCH3 is 1. The molecule has 0 N–H and O–H groups in total. The van der Waals surface area contributed by atoms with Crippen molar-refractivity contribution in [2.75, 3.05) is 25.7 Å². The number of hydrogen-bond donors (Lipinski definition) is 0. The highest BCUT2D eigenvalue weighted by atomic mass is 35.5. The number of hydrogen-bond acceptors (Lipinski definition) is 4. The third kappa shape index (κ3) is 3.04. The topological polar surface area (TPSA) is 38.2 Å². The molecule has 0 saturated heterocycles. The molecule has 1 rings (SSSR count). The van der Waals surface area contributed by atoms with Crippen molar-refractivity contribution in [2.45, 2.75) is 19.9 Å². The van der Waals surface area contributed by atoms with E-state index in [1.807, 2.05) is 18.9 Å². The molecule has 5 heteroatoms. The molecule has 0 aliphatic rings. The molecular formula is C10H16ClN3O. The van der Waals surface area contributed by atoms with E-state index in [1.165, 1.54) is 0 Å². The summed E-state index contributed by atoms with van der Waals surface area (Å²) in [4.78, 5) is 10.2. The number of anilines is 1. The van der Waals surface area contributed by atoms with Crippen LogP contribution in [0.2, 0.25) is 5.28 Å². The molecule has 84 valence electrons. The molecule has 1 atom stereocenters. The average Bonchev–Trinajstić information content (AvgIpc) is 2.21. The van der Waals surface area contributed by atoms with Crippen LogP contribution in [0.15, 0.2) is 6.20 Å². The maximum atomic E-state index is 5.76. The molecule has 0 amide bonds. The Morgan fingerprint density at radius 3 is 2.87 bits per heavy atom. The standard InChI is InChI=1S/C10H16ClN3O/c1-7-5-12-10(11)13-9(7)14(3)8(2)6-15-4/h5,8H,6H2,1-4H3. The minimum Gasteiger partial charge on any atom is -0.383 e. The molecule has 0 radical (unpaired) electrons. The summed E-state index contributed by atoms with van der Waals surface area (Å²) in [5.74, 6) is 0.847. The van der Waals surface area contributed by atoms with Crippen molar-refractivity contribution in [3.05, 3.63) is 17.0 Å². The molecule has 1 aromatic heterocycles. The van der Waals surface area contributed by atoms with Gasteiger partial charge in [-0.15, -0.1) is 0 Å². The van der Waals surface area contributed by atoms with Crippen LogP contribution in [0.1, 0.15) is 12.5 Å². The molecule has 1 heterocycles. The van der Waals surface area contributed by atoms with Gasteiger partial charge >= 0.3 is 0 Å². The quantitative estimate of drug-likeness (QED) is 0.740. The molecule has 4 nitrogen and oxygen atoms in total. The average molecular weight is 230 g/mol. The maximum absolute atomic E-state index is 5.76. The summed E-state index contributed by atoms with van der Waals surface area (Å²) >= 11 is 5.76. The van der Waals surface area contributed by atoms with Gasteiger partial charge in [0.05, 0.1) is 12.6 Å². The predicted molar refractivity (Wildman–Crippen MR) is 61.5 cm³/mol. The zero-order chi connectivity index (χ0) is 11.4. The fourth-order valence-electron chi connectivity index (χ4n) is 1.33. The van der Waals surface area contributed by atoms with Crippen LogP contribution >= 0.6 is 11.6 Å². The van der Waals surface area contributed by atoms with Gasteiger partial charge in [0.25, 0.3) is 0 Å². The predicted octanol–water partition coefficient (Wildman–Crippen LogP) is 1.91. The van der Waals surface area contributed by atoms with Crippen molar-refractivity contribution in [3.63, 3.8) is 0 Å². The fourth-order valence-corrected chi connectivity index (χ4v) is 1.46. The smallest absolute Gasteiger partial charge is 0.224 e. The van der Waals surface area contributed by atoms with Gasteiger partial charge in [-0.3, -0.25) is 0 Å². The maximum Gasteiger partial charge on any atom is 0.224 e. The Morgan fingerprint density at radius 1 is 1.60 bits per heavy atom. The third-order valence-electron chi connectivity index (χ3n) is 2.32. The molecule has 0 saturated carbocycles. The highest BCUT2D eigenvalue weighted by molar-refractivity contribution is 6.28. The number of ether oxygens (including phenoxy) is 1. The first-order valence-electron chi connectivity index (χ1n) is 4.77. The third-order valence-corrected chi connectivity index (χ3v) is 2.50. The van der Waals surface area contributed by atoms with Crippen LogP contribution in [0.5, 0.6) is 0 Å². The molecule has 15 heavy (non-hydrogen) atoms. The zero-order valence-electron chi connectivity index (χ0n) is 9.49. The van der Waals surface area contributed by atoms with Gasteiger partial charge in [0.1, 0.15) is 5.82 Å². The minimum atomic E-state index is 0.250. The van der Waals surface area contributed by atoms with Crippen LogP contribution in [-0.4, -0.2) is 36.8 Å². The van der Waals surface area contributed by atoms with Crippen LogP contribution in [-0.2, 0) is 4.74 Å². The lowest BCUT2D eigenvalue weighted by Gasteiger charge is -2.26. The minimum absolute atomic E-state index is 0.250. The summed E-state index contributed by atoms with van der Waals surface area (Å²) in [6.45, 7) is 4.68. The van der Waals surface area contributed by atoms with Crippen LogP contribution in [0.3, 0.4) is 0 Å². The molecule has 0 fully saturated rings. The normalized spacial score (nSPS) is 12.6. The van der Waals surface area contributed by atoms with E-state index in [0.29, 0.717) is 6.61 Å². The van der Waals surface area contributed by atoms with E-state index in [2.05, 4.69) is 16.9 Å². The molecule has 0 aliphatic heterocycles. The highest BCUT2D eigenvalue weighted by Gasteiger charge is 2.13. The lowest BCUT2D eigenvalue weighted by atomic mass is 10.2. The number of likely N-dealkylation sites (N-methyl/N-ethyl adjacent to an activating group) is 1. The summed E-state index contributed by atoms with van der Waals surface area (Å²) in [5, 5.41) is 0.270. The van der Waals surface area contributed by atoms with Gasteiger partial charge in [-0.2, -0.15) is 0 Å². The van der Waals surface area contributed by atoms with Crippen molar-refractivity contribution < 1.29 is 4.74 Å². The van der Waals surface area contributed by atoms with Gasteiger partial charge in [0, 0.05) is 25.9 Å². The first-order valence-corrected chi connectivity index (χ1v) is 5.15. The Hall–Kier alpha value is -0.870. The van der Waals surface area contributed by atoms with Crippen LogP contribution in [0.25, 0.3) is 0 Å². The first-order chi connectivity index (χ1) is 7.06. The van der Waals surface area contributed by atoms with Crippen molar-refractivity contribution in [2.24, 2.45) is 0 Å². The van der Waals surface area contributed by atoms with Gasteiger partial charge < -0.3 is 9.64 Å². The largest absolute Gasteiger partial charge is 0.383 e. The van der Waals surface area contributed by atoms with Crippen LogP contribution < -0.4 is 4.90 Å². The summed E-state index contributed by atoms with van der Waals surface area (Å²) in [7, 11) is 3.65. The van der Waals surface area contributed by atoms with E-state index in [-0.39, 0.29) is 11.3 Å². The molecule has 0 bridgehead atoms. The Morgan fingerprint density at radius 2 is 2.27 bits per heavy atom. The number of nitrogens with zero attached hydrogens (tertiary/aromatic N) is 3. The lowest BCUT2D eigenvalue weighted by molar-refractivity contribution is 0.183. The molecule has 0 spiro atoms. The van der Waals surface area contributed by atoms with E-state index in [4.69, 9.17) is 16.3 Å². The van der Waals surface area contributed by atoms with Crippen molar-refractivity contribution in [1.29, 1.82) is 0 Å². The second-order valence-electron chi connectivity index (χ2n) is 3.56. The highest BCUT2D eigenvalue weighted by Crippen LogP contribution is 2.18. The van der Waals surface area contributed by atoms with Crippen LogP contribution in [0, 0.1) is 6.92 Å². The SMILES string of the molecule is COCC(C)N(C)c1nc(Cl)ncc1C. The van der Waals surface area contributed by atoms with E-state index in [1.54, 1.807) is 13.3 Å². The fraction of sp³-hybridized carbons (Fsp3) is 0.600. The monoisotopic (exact) mass is 229 g/mol. The van der Waals surface area contributed by atoms with Gasteiger partial charge in [-0.05, 0) is 25.4 Å². The van der Waals surface area contributed by atoms with Gasteiger partial charge in [0.15, 0.2) is 0 Å². The Kier molecular flexibility index (Phi) is 4.29. The van der Waals surface area contributed by atoms with Crippen LogP contribution in [0.4, 0.5) is 5.82 Å². The first kappa shape index (κ1) is 12.2.